The Balaban J connectivity index is 1.91. The van der Waals surface area contributed by atoms with Gasteiger partial charge in [0, 0.05) is 0 Å². The summed E-state index contributed by atoms with van der Waals surface area (Å²) in [6.07, 6.45) is 0. The molecule has 0 aliphatic carbocycles. The van der Waals surface area contributed by atoms with E-state index < -0.39 is 17.2 Å². The number of carbonyl (C=O) groups is 2. The Morgan fingerprint density at radius 3 is 2.46 bits per heavy atom. The molecule has 4 nitrogen and oxygen atoms in total. The van der Waals surface area contributed by atoms with Crippen molar-refractivity contribution >= 4 is 34.8 Å². The normalized spacial score (nSPS) is 19.4. The fourth-order valence-corrected chi connectivity index (χ4v) is 2.94. The van der Waals surface area contributed by atoms with Gasteiger partial charge in [0.2, 0.25) is 0 Å². The number of aliphatic imine (C=N–C) groups is 1. The number of carbonyl (C=O) groups excluding carboxylic acids is 2. The van der Waals surface area contributed by atoms with Gasteiger partial charge in [0.15, 0.2) is 5.38 Å². The van der Waals surface area contributed by atoms with E-state index in [1.54, 1.807) is 0 Å². The molecule has 2 amide bonds. The largest absolute Gasteiger partial charge is 0.277 e. The number of aryl methyl sites for hydroxylation is 2. The number of alkyl halides is 1. The summed E-state index contributed by atoms with van der Waals surface area (Å²) in [5.74, 6) is -0.849. The first-order valence-corrected chi connectivity index (χ1v) is 8.10. The third-order valence-electron chi connectivity index (χ3n) is 3.96. The van der Waals surface area contributed by atoms with Gasteiger partial charge < -0.3 is 0 Å². The lowest BCUT2D eigenvalue weighted by Crippen LogP contribution is -2.30. The van der Waals surface area contributed by atoms with Gasteiger partial charge in [-0.3, -0.25) is 14.5 Å². The van der Waals surface area contributed by atoms with Crippen LogP contribution in [0.15, 0.2) is 53.5 Å². The van der Waals surface area contributed by atoms with Crippen molar-refractivity contribution in [3.05, 3.63) is 65.2 Å². The van der Waals surface area contributed by atoms with Crippen molar-refractivity contribution in [1.29, 1.82) is 0 Å². The van der Waals surface area contributed by atoms with Crippen LogP contribution >= 0.6 is 11.6 Å². The van der Waals surface area contributed by atoms with Crippen LogP contribution in [0.5, 0.6) is 0 Å². The zero-order chi connectivity index (χ0) is 17.3. The Bertz CT molecular complexity index is 831. The number of halogens is 1. The lowest BCUT2D eigenvalue weighted by Gasteiger charge is -2.12. The fraction of sp³-hybridized carbons (Fsp3) is 0.211. The maximum atomic E-state index is 12.6. The van der Waals surface area contributed by atoms with Gasteiger partial charge in [-0.15, -0.1) is 11.6 Å². The van der Waals surface area contributed by atoms with E-state index in [0.717, 1.165) is 21.6 Å². The van der Waals surface area contributed by atoms with Crippen LogP contribution in [-0.2, 0) is 16.1 Å². The number of amides is 2. The molecule has 2 aromatic carbocycles. The van der Waals surface area contributed by atoms with Gasteiger partial charge in [-0.1, -0.05) is 48.0 Å². The molecule has 0 spiro atoms. The van der Waals surface area contributed by atoms with Crippen LogP contribution in [0.2, 0.25) is 0 Å². The minimum absolute atomic E-state index is 0.0875. The van der Waals surface area contributed by atoms with Crippen molar-refractivity contribution in [2.75, 3.05) is 0 Å². The SMILES string of the molecule is Cc1ccc(N=C2C(=O)N(Cc3ccccc3)C(=O)C2Cl)c(C)c1. The molecular weight excluding hydrogens is 324 g/mol. The Labute approximate surface area is 145 Å². The maximum absolute atomic E-state index is 12.6. The fourth-order valence-electron chi connectivity index (χ4n) is 2.68. The highest BCUT2D eigenvalue weighted by Crippen LogP contribution is 2.25. The molecule has 1 fully saturated rings. The number of imide groups is 1. The van der Waals surface area contributed by atoms with Gasteiger partial charge in [0.25, 0.3) is 11.8 Å². The third-order valence-corrected chi connectivity index (χ3v) is 4.36. The minimum atomic E-state index is -1.04. The topological polar surface area (TPSA) is 49.7 Å². The molecule has 1 saturated heterocycles. The molecule has 5 heteroatoms. The first-order chi connectivity index (χ1) is 11.5. The third kappa shape index (κ3) is 3.10. The van der Waals surface area contributed by atoms with Gasteiger partial charge >= 0.3 is 0 Å². The van der Waals surface area contributed by atoms with Crippen molar-refractivity contribution in [2.45, 2.75) is 25.8 Å². The summed E-state index contributed by atoms with van der Waals surface area (Å²) in [4.78, 5) is 30.5. The number of hydrogen-bond donors (Lipinski definition) is 0. The molecular formula is C19H17ClN2O2. The Kier molecular flexibility index (Phi) is 4.49. The summed E-state index contributed by atoms with van der Waals surface area (Å²) in [5.41, 5.74) is 3.66. The van der Waals surface area contributed by atoms with Crippen molar-refractivity contribution in [1.82, 2.24) is 4.90 Å². The second kappa shape index (κ2) is 6.57. The smallest absolute Gasteiger partial charge is 0.272 e. The average molecular weight is 341 g/mol. The van der Waals surface area contributed by atoms with E-state index in [1.807, 2.05) is 62.4 Å². The summed E-state index contributed by atoms with van der Waals surface area (Å²) >= 11 is 6.18. The molecule has 2 aromatic rings. The van der Waals surface area contributed by atoms with Crippen LogP contribution in [0.25, 0.3) is 0 Å². The first kappa shape index (κ1) is 16.4. The van der Waals surface area contributed by atoms with Crippen molar-refractivity contribution < 1.29 is 9.59 Å². The second-order valence-electron chi connectivity index (χ2n) is 5.86. The van der Waals surface area contributed by atoms with Crippen molar-refractivity contribution in [2.24, 2.45) is 4.99 Å². The molecule has 0 radical (unpaired) electrons. The van der Waals surface area contributed by atoms with Crippen LogP contribution in [0.4, 0.5) is 5.69 Å². The number of benzene rings is 2. The Morgan fingerprint density at radius 2 is 1.79 bits per heavy atom. The highest BCUT2D eigenvalue weighted by molar-refractivity contribution is 6.63. The quantitative estimate of drug-likeness (QED) is 0.633. The van der Waals surface area contributed by atoms with Gasteiger partial charge in [-0.2, -0.15) is 0 Å². The minimum Gasteiger partial charge on any atom is -0.272 e. The second-order valence-corrected chi connectivity index (χ2v) is 6.30. The summed E-state index contributed by atoms with van der Waals surface area (Å²) in [6.45, 7) is 4.10. The molecule has 1 aliphatic rings. The average Bonchev–Trinajstić information content (AvgIpc) is 2.76. The van der Waals surface area contributed by atoms with E-state index in [9.17, 15) is 9.59 Å². The number of rotatable bonds is 3. The summed E-state index contributed by atoms with van der Waals surface area (Å²) in [6, 6.07) is 15.1. The zero-order valence-electron chi connectivity index (χ0n) is 13.5. The molecule has 1 aliphatic heterocycles. The van der Waals surface area contributed by atoms with E-state index in [2.05, 4.69) is 4.99 Å². The number of likely N-dealkylation sites (tertiary alicyclic amines) is 1. The Hall–Kier alpha value is -2.46. The van der Waals surface area contributed by atoms with E-state index in [1.165, 1.54) is 0 Å². The molecule has 0 N–H and O–H groups in total. The van der Waals surface area contributed by atoms with Crippen molar-refractivity contribution in [3.63, 3.8) is 0 Å². The molecule has 24 heavy (non-hydrogen) atoms. The highest BCUT2D eigenvalue weighted by atomic mass is 35.5. The van der Waals surface area contributed by atoms with Crippen LogP contribution in [0, 0.1) is 13.8 Å². The first-order valence-electron chi connectivity index (χ1n) is 7.67. The van der Waals surface area contributed by atoms with E-state index in [-0.39, 0.29) is 12.3 Å². The van der Waals surface area contributed by atoms with E-state index in [4.69, 9.17) is 11.6 Å². The molecule has 0 aromatic heterocycles. The molecule has 122 valence electrons. The standard InChI is InChI=1S/C19H17ClN2O2/c1-12-8-9-15(13(2)10-12)21-17-16(20)18(23)22(19(17)24)11-14-6-4-3-5-7-14/h3-10,16H,11H2,1-2H3. The van der Waals surface area contributed by atoms with E-state index >= 15 is 0 Å². The molecule has 1 heterocycles. The summed E-state index contributed by atoms with van der Waals surface area (Å²) in [7, 11) is 0. The molecule has 1 unspecified atom stereocenters. The molecule has 1 atom stereocenters. The Morgan fingerprint density at radius 1 is 1.08 bits per heavy atom. The van der Waals surface area contributed by atoms with Crippen LogP contribution in [0.3, 0.4) is 0 Å². The van der Waals surface area contributed by atoms with Gasteiger partial charge in [-0.25, -0.2) is 4.99 Å². The zero-order valence-corrected chi connectivity index (χ0v) is 14.2. The maximum Gasteiger partial charge on any atom is 0.277 e. The highest BCUT2D eigenvalue weighted by Gasteiger charge is 2.43. The van der Waals surface area contributed by atoms with Crippen LogP contribution < -0.4 is 0 Å². The number of hydrogen-bond acceptors (Lipinski definition) is 3. The van der Waals surface area contributed by atoms with Gasteiger partial charge in [0.05, 0.1) is 12.2 Å². The molecule has 0 saturated carbocycles. The lowest BCUT2D eigenvalue weighted by atomic mass is 10.1. The summed E-state index contributed by atoms with van der Waals surface area (Å²) in [5, 5.41) is -1.04. The van der Waals surface area contributed by atoms with Crippen LogP contribution in [-0.4, -0.2) is 27.8 Å². The summed E-state index contributed by atoms with van der Waals surface area (Å²) < 4.78 is 0. The lowest BCUT2D eigenvalue weighted by molar-refractivity contribution is -0.137. The predicted molar refractivity (Wildman–Crippen MR) is 94.7 cm³/mol. The van der Waals surface area contributed by atoms with Gasteiger partial charge in [0.1, 0.15) is 5.71 Å². The molecule has 0 bridgehead atoms. The predicted octanol–water partition coefficient (Wildman–Crippen LogP) is 3.55. The van der Waals surface area contributed by atoms with Gasteiger partial charge in [-0.05, 0) is 31.0 Å². The monoisotopic (exact) mass is 340 g/mol. The number of nitrogens with zero attached hydrogens (tertiary/aromatic N) is 2. The van der Waals surface area contributed by atoms with Crippen LogP contribution in [0.1, 0.15) is 16.7 Å². The van der Waals surface area contributed by atoms with Crippen molar-refractivity contribution in [3.8, 4) is 0 Å². The van der Waals surface area contributed by atoms with E-state index in [0.29, 0.717) is 5.69 Å². The molecule has 3 rings (SSSR count).